The molecule has 23 heteroatoms. The molecule has 420 valence electrons. The molecule has 4 amide bonds. The van der Waals surface area contributed by atoms with E-state index in [2.05, 4.69) is 47.5 Å². The van der Waals surface area contributed by atoms with Crippen LogP contribution >= 0.6 is 0 Å². The van der Waals surface area contributed by atoms with Crippen LogP contribution < -0.4 is 26.3 Å². The van der Waals surface area contributed by atoms with E-state index in [1.54, 1.807) is 68.2 Å². The van der Waals surface area contributed by atoms with Gasteiger partial charge in [0.2, 0.25) is 5.91 Å². The number of aliphatic hydroxyl groups excluding tert-OH is 1. The lowest BCUT2D eigenvalue weighted by Gasteiger charge is -2.47. The molecule has 3 aliphatic heterocycles. The van der Waals surface area contributed by atoms with Crippen molar-refractivity contribution >= 4 is 29.8 Å². The summed E-state index contributed by atoms with van der Waals surface area (Å²) in [5.41, 5.74) is 0.111. The van der Waals surface area contributed by atoms with E-state index in [1.807, 2.05) is 17.4 Å². The number of hydrogen-bond donors (Lipinski definition) is 5. The molecule has 4 aromatic rings. The minimum absolute atomic E-state index is 0.130. The lowest BCUT2D eigenvalue weighted by Crippen LogP contribution is -2.62. The number of nitrogens with zero attached hydrogens (tertiary/aromatic N) is 6. The molecular weight excluding hydrogens is 1020 g/mol. The number of halogens is 5. The van der Waals surface area contributed by atoms with Gasteiger partial charge in [0, 0.05) is 85.4 Å². The Morgan fingerprint density at radius 2 is 1.47 bits per heavy atom. The Morgan fingerprint density at radius 3 is 2.03 bits per heavy atom. The molecule has 18 nitrogen and oxygen atoms in total. The molecule has 0 radical (unpaired) electrons. The number of nitrogens with one attached hydrogen (secondary N) is 4. The summed E-state index contributed by atoms with van der Waals surface area (Å²) in [5.74, 6) is 2.67. The van der Waals surface area contributed by atoms with Crippen LogP contribution in [-0.2, 0) is 36.8 Å². The third kappa shape index (κ3) is 13.5. The van der Waals surface area contributed by atoms with Crippen LogP contribution in [-0.4, -0.2) is 149 Å². The molecule has 1 aliphatic carbocycles. The van der Waals surface area contributed by atoms with Crippen molar-refractivity contribution in [3.8, 4) is 23.1 Å². The quantitative estimate of drug-likeness (QED) is 0.0441. The number of piperazine rings is 1. The van der Waals surface area contributed by atoms with E-state index in [0.29, 0.717) is 54.4 Å². The van der Waals surface area contributed by atoms with E-state index in [0.717, 1.165) is 82.1 Å². The minimum atomic E-state index is -5.05. The van der Waals surface area contributed by atoms with E-state index in [9.17, 15) is 37.5 Å². The zero-order valence-electron chi connectivity index (χ0n) is 44.6. The molecule has 3 saturated heterocycles. The average Bonchev–Trinajstić information content (AvgIpc) is 4.06. The molecule has 0 spiro atoms. The molecule has 2 aromatic carbocycles. The van der Waals surface area contributed by atoms with E-state index in [4.69, 9.17) is 14.5 Å². The first kappa shape index (κ1) is 57.3. The topological polar surface area (TPSA) is 205 Å². The SMILES string of the molecule is CNC(=O)O[C@H](C(=O)NN(Cc1c(F)cc(-c2ccn(C3CC3)n2)cc1F)C[C@H](O)[C@H](Cc1ccc(C#Cc2ccc(N3C[C@@H]4CC[C@@H](C3)N4C3COC3)nc2)cc1)NC(=O)[C@@H](NC(=O)OC)C(C)(C)C(F)(F)F)C(C)(C)C. The molecule has 4 fully saturated rings. The third-order valence-corrected chi connectivity index (χ3v) is 14.8. The number of pyridine rings is 1. The van der Waals surface area contributed by atoms with Gasteiger partial charge < -0.3 is 40.2 Å². The Kier molecular flexibility index (Phi) is 17.4. The predicted molar refractivity (Wildman–Crippen MR) is 276 cm³/mol. The number of carbonyl (C=O) groups excluding carboxylic acids is 4. The number of hydrogen-bond acceptors (Lipinski definition) is 13. The van der Waals surface area contributed by atoms with Gasteiger partial charge in [0.25, 0.3) is 5.91 Å². The van der Waals surface area contributed by atoms with Gasteiger partial charge in [-0.2, -0.15) is 18.3 Å². The number of alkyl carbamates (subject to hydrolysis) is 2. The number of alkyl halides is 3. The van der Waals surface area contributed by atoms with Crippen molar-refractivity contribution < 1.29 is 60.4 Å². The lowest BCUT2D eigenvalue weighted by molar-refractivity contribution is -0.220. The van der Waals surface area contributed by atoms with Crippen LogP contribution in [0.4, 0.5) is 37.4 Å². The number of fused-ring (bicyclic) bond motifs is 2. The number of benzene rings is 2. The molecule has 4 aliphatic rings. The highest BCUT2D eigenvalue weighted by molar-refractivity contribution is 5.87. The predicted octanol–water partition coefficient (Wildman–Crippen LogP) is 6.02. The standard InChI is InChI=1S/C55H67F5N10O8/c1-53(2,3)48(78-51(74)61-6)50(73)66-68(28-40-41(56)23-35(24-42(40)57)43-20-21-69(65-43)36-15-16-36)29-45(71)44(63-49(72)47(64-52(75)76-7)54(4,5)55(58,59)60)22-33-11-8-32(9-12-33)10-13-34-14-19-46(62-25-34)67-26-37-17-18-38(27-67)70(37)39-30-77-31-39/h8-9,11-12,14,19-21,23-25,36-39,44-45,47-48,71H,15-18,22,26-31H2,1-7H3,(H,61,74)(H,63,72)(H,64,75)(H,66,73)/t37-,38-,44-,45-,47+,48+/m0/s1. The Hall–Kier alpha value is -6.87. The van der Waals surface area contributed by atoms with Crippen molar-refractivity contribution in [2.45, 2.75) is 128 Å². The van der Waals surface area contributed by atoms with Gasteiger partial charge in [-0.1, -0.05) is 44.7 Å². The molecule has 2 aromatic heterocycles. The number of amides is 4. The van der Waals surface area contributed by atoms with Crippen molar-refractivity contribution in [2.24, 2.45) is 10.8 Å². The first-order valence-corrected chi connectivity index (χ1v) is 26.0. The number of aliphatic hydroxyl groups is 1. The number of methoxy groups -OCH3 is 1. The second kappa shape index (κ2) is 23.6. The molecule has 5 heterocycles. The molecule has 5 N–H and O–H groups in total. The highest BCUT2D eigenvalue weighted by Crippen LogP contribution is 2.41. The van der Waals surface area contributed by atoms with Crippen LogP contribution in [0.2, 0.25) is 0 Å². The van der Waals surface area contributed by atoms with Crippen LogP contribution in [0.1, 0.15) is 88.6 Å². The Morgan fingerprint density at radius 1 is 0.846 bits per heavy atom. The van der Waals surface area contributed by atoms with Crippen LogP contribution in [0.25, 0.3) is 11.3 Å². The normalized spacial score (nSPS) is 19.4. The lowest BCUT2D eigenvalue weighted by atomic mass is 9.82. The van der Waals surface area contributed by atoms with Gasteiger partial charge in [-0.05, 0) is 94.0 Å². The Bertz CT molecular complexity index is 2820. The van der Waals surface area contributed by atoms with Gasteiger partial charge >= 0.3 is 18.4 Å². The third-order valence-electron chi connectivity index (χ3n) is 14.8. The first-order chi connectivity index (χ1) is 36.9. The van der Waals surface area contributed by atoms with Gasteiger partial charge in [0.05, 0.1) is 55.7 Å². The number of aromatic nitrogens is 3. The number of rotatable bonds is 18. The molecule has 8 rings (SSSR count). The van der Waals surface area contributed by atoms with Gasteiger partial charge in [-0.25, -0.2) is 28.4 Å². The van der Waals surface area contributed by atoms with Crippen LogP contribution in [0.3, 0.4) is 0 Å². The van der Waals surface area contributed by atoms with Crippen molar-refractivity contribution in [3.05, 3.63) is 101 Å². The Balaban J connectivity index is 1.05. The zero-order valence-corrected chi connectivity index (χ0v) is 44.6. The minimum Gasteiger partial charge on any atom is -0.453 e. The van der Waals surface area contributed by atoms with Crippen molar-refractivity contribution in [3.63, 3.8) is 0 Å². The van der Waals surface area contributed by atoms with Crippen molar-refractivity contribution in [1.29, 1.82) is 0 Å². The van der Waals surface area contributed by atoms with Crippen LogP contribution in [0.15, 0.2) is 67.0 Å². The maximum absolute atomic E-state index is 16.2. The van der Waals surface area contributed by atoms with E-state index in [-0.39, 0.29) is 18.0 Å². The summed E-state index contributed by atoms with van der Waals surface area (Å²) < 4.78 is 93.3. The Labute approximate surface area is 449 Å². The molecule has 6 atom stereocenters. The first-order valence-electron chi connectivity index (χ1n) is 26.0. The monoisotopic (exact) mass is 1090 g/mol. The summed E-state index contributed by atoms with van der Waals surface area (Å²) in [7, 11) is 2.19. The number of anilines is 1. The fraction of sp³-hybridized carbons (Fsp3) is 0.527. The average molecular weight is 1090 g/mol. The van der Waals surface area contributed by atoms with Gasteiger partial charge in [-0.3, -0.25) is 24.6 Å². The molecule has 0 unspecified atom stereocenters. The van der Waals surface area contributed by atoms with E-state index >= 15 is 8.78 Å². The molecular formula is C55H67F5N10O8. The summed E-state index contributed by atoms with van der Waals surface area (Å²) in [5, 5.41) is 24.3. The fourth-order valence-corrected chi connectivity index (χ4v) is 9.98. The van der Waals surface area contributed by atoms with Crippen LogP contribution in [0.5, 0.6) is 0 Å². The molecule has 78 heavy (non-hydrogen) atoms. The van der Waals surface area contributed by atoms with Gasteiger partial charge in [0.15, 0.2) is 6.10 Å². The summed E-state index contributed by atoms with van der Waals surface area (Å²) in [6.07, 6.45) is -3.43. The highest BCUT2D eigenvalue weighted by Gasteiger charge is 2.56. The largest absolute Gasteiger partial charge is 0.453 e. The van der Waals surface area contributed by atoms with E-state index < -0.39 is 95.6 Å². The smallest absolute Gasteiger partial charge is 0.407 e. The second-order valence-corrected chi connectivity index (χ2v) is 22.0. The highest BCUT2D eigenvalue weighted by atomic mass is 19.4. The van der Waals surface area contributed by atoms with Gasteiger partial charge in [0.1, 0.15) is 23.5 Å². The van der Waals surface area contributed by atoms with E-state index in [1.165, 1.54) is 7.05 Å². The maximum atomic E-state index is 16.2. The number of hydrazine groups is 1. The van der Waals surface area contributed by atoms with Gasteiger partial charge in [-0.15, -0.1) is 0 Å². The zero-order chi connectivity index (χ0) is 56.3. The van der Waals surface area contributed by atoms with Crippen molar-refractivity contribution in [1.82, 2.24) is 46.0 Å². The maximum Gasteiger partial charge on any atom is 0.407 e. The summed E-state index contributed by atoms with van der Waals surface area (Å²) >= 11 is 0. The number of ether oxygens (including phenoxy) is 3. The second-order valence-electron chi connectivity index (χ2n) is 22.0. The molecule has 2 bridgehead atoms. The molecule has 1 saturated carbocycles. The fourth-order valence-electron chi connectivity index (χ4n) is 9.98. The summed E-state index contributed by atoms with van der Waals surface area (Å²) in [6.45, 7) is 8.05. The van der Waals surface area contributed by atoms with Crippen molar-refractivity contribution in [2.75, 3.05) is 51.9 Å². The van der Waals surface area contributed by atoms with Crippen LogP contribution in [0, 0.1) is 34.3 Å². The summed E-state index contributed by atoms with van der Waals surface area (Å²) in [6, 6.07) is 12.0. The number of carbonyl (C=O) groups is 4. The summed E-state index contributed by atoms with van der Waals surface area (Å²) in [4.78, 5) is 62.8.